The van der Waals surface area contributed by atoms with Crippen LogP contribution in [0.15, 0.2) is 52.5 Å². The van der Waals surface area contributed by atoms with Crippen molar-refractivity contribution >= 4 is 41.0 Å². The quantitative estimate of drug-likeness (QED) is 0.378. The van der Waals surface area contributed by atoms with E-state index >= 15 is 0 Å². The minimum absolute atomic E-state index is 0.477. The molecule has 0 aromatic heterocycles. The zero-order valence-electron chi connectivity index (χ0n) is 12.9. The first kappa shape index (κ1) is 16.5. The van der Waals surface area contributed by atoms with Gasteiger partial charge in [0.05, 0.1) is 6.21 Å². The average molecular weight is 329 g/mol. The average Bonchev–Trinajstić information content (AvgIpc) is 2.52. The molecule has 0 heterocycles. The van der Waals surface area contributed by atoms with Gasteiger partial charge in [0.2, 0.25) is 0 Å². The van der Waals surface area contributed by atoms with E-state index in [1.807, 2.05) is 24.3 Å². The van der Waals surface area contributed by atoms with Crippen LogP contribution in [0.3, 0.4) is 0 Å². The zero-order valence-corrected chi connectivity index (χ0v) is 14.5. The Balaban J connectivity index is 1.91. The standard InChI is InChI=1S/C17H19N3S2/c1-12-5-4-6-16(13(12)2)19-17(21)20-18-11-14-7-9-15(22-3)10-8-14/h4-11H,1-3H3,(H2,19,20,21)/b18-11-. The molecule has 2 aromatic rings. The molecule has 0 saturated heterocycles. The third-order valence-electron chi connectivity index (χ3n) is 3.35. The van der Waals surface area contributed by atoms with Crippen LogP contribution < -0.4 is 10.7 Å². The molecule has 2 rings (SSSR count). The Labute approximate surface area is 141 Å². The molecule has 0 aliphatic heterocycles. The lowest BCUT2D eigenvalue weighted by Gasteiger charge is -2.11. The molecule has 0 unspecified atom stereocenters. The summed E-state index contributed by atoms with van der Waals surface area (Å²) in [6.07, 6.45) is 3.81. The van der Waals surface area contributed by atoms with Crippen molar-refractivity contribution in [3.05, 3.63) is 59.2 Å². The first-order chi connectivity index (χ1) is 10.6. The van der Waals surface area contributed by atoms with E-state index in [1.165, 1.54) is 16.0 Å². The fourth-order valence-corrected chi connectivity index (χ4v) is 2.46. The highest BCUT2D eigenvalue weighted by Crippen LogP contribution is 2.17. The predicted octanol–water partition coefficient (Wildman–Crippen LogP) is 4.35. The number of anilines is 1. The van der Waals surface area contributed by atoms with Crippen LogP contribution in [0.4, 0.5) is 5.69 Å². The molecular weight excluding hydrogens is 310 g/mol. The second-order valence-electron chi connectivity index (χ2n) is 4.84. The van der Waals surface area contributed by atoms with E-state index in [1.54, 1.807) is 18.0 Å². The number of rotatable bonds is 4. The van der Waals surface area contributed by atoms with Crippen LogP contribution in [-0.2, 0) is 0 Å². The van der Waals surface area contributed by atoms with Gasteiger partial charge in [-0.25, -0.2) is 0 Å². The van der Waals surface area contributed by atoms with Gasteiger partial charge in [-0.2, -0.15) is 5.10 Å². The maximum atomic E-state index is 5.25. The molecule has 2 aromatic carbocycles. The van der Waals surface area contributed by atoms with Crippen LogP contribution in [0.2, 0.25) is 0 Å². The van der Waals surface area contributed by atoms with E-state index in [4.69, 9.17) is 12.2 Å². The largest absolute Gasteiger partial charge is 0.331 e. The summed E-state index contributed by atoms with van der Waals surface area (Å²) in [4.78, 5) is 1.23. The maximum Gasteiger partial charge on any atom is 0.191 e. The minimum Gasteiger partial charge on any atom is -0.331 e. The van der Waals surface area contributed by atoms with E-state index in [-0.39, 0.29) is 0 Å². The lowest BCUT2D eigenvalue weighted by atomic mass is 10.1. The van der Waals surface area contributed by atoms with Crippen molar-refractivity contribution < 1.29 is 0 Å². The Morgan fingerprint density at radius 2 is 1.86 bits per heavy atom. The normalized spacial score (nSPS) is 10.7. The van der Waals surface area contributed by atoms with E-state index < -0.39 is 0 Å². The summed E-state index contributed by atoms with van der Waals surface area (Å²) in [7, 11) is 0. The van der Waals surface area contributed by atoms with Crippen molar-refractivity contribution in [3.63, 3.8) is 0 Å². The smallest absolute Gasteiger partial charge is 0.191 e. The Hall–Kier alpha value is -1.85. The van der Waals surface area contributed by atoms with Crippen molar-refractivity contribution in [2.24, 2.45) is 5.10 Å². The lowest BCUT2D eigenvalue weighted by Crippen LogP contribution is -2.24. The second kappa shape index (κ2) is 7.96. The number of hydrogen-bond acceptors (Lipinski definition) is 3. The number of benzene rings is 2. The summed E-state index contributed by atoms with van der Waals surface area (Å²) in [5.41, 5.74) is 7.27. The van der Waals surface area contributed by atoms with Crippen LogP contribution in [-0.4, -0.2) is 17.6 Å². The third kappa shape index (κ3) is 4.58. The molecule has 5 heteroatoms. The molecule has 0 spiro atoms. The molecule has 0 saturated carbocycles. The number of nitrogens with one attached hydrogen (secondary N) is 2. The van der Waals surface area contributed by atoms with Gasteiger partial charge in [-0.05, 0) is 67.2 Å². The molecule has 22 heavy (non-hydrogen) atoms. The van der Waals surface area contributed by atoms with E-state index in [0.29, 0.717) is 5.11 Å². The molecule has 0 bridgehead atoms. The minimum atomic E-state index is 0.477. The Bertz CT molecular complexity index is 679. The number of thioether (sulfide) groups is 1. The molecule has 3 nitrogen and oxygen atoms in total. The molecule has 0 radical (unpaired) electrons. The van der Waals surface area contributed by atoms with Gasteiger partial charge in [-0.1, -0.05) is 24.3 Å². The van der Waals surface area contributed by atoms with E-state index in [2.05, 4.69) is 54.1 Å². The van der Waals surface area contributed by atoms with Gasteiger partial charge in [0.15, 0.2) is 5.11 Å². The summed E-state index contributed by atoms with van der Waals surface area (Å²) in [6.45, 7) is 4.14. The predicted molar refractivity (Wildman–Crippen MR) is 101 cm³/mol. The lowest BCUT2D eigenvalue weighted by molar-refractivity contribution is 1.05. The molecule has 0 fully saturated rings. The Morgan fingerprint density at radius 1 is 1.14 bits per heavy atom. The van der Waals surface area contributed by atoms with Gasteiger partial charge >= 0.3 is 0 Å². The highest BCUT2D eigenvalue weighted by molar-refractivity contribution is 7.98. The molecule has 0 atom stereocenters. The first-order valence-corrected chi connectivity index (χ1v) is 8.54. The zero-order chi connectivity index (χ0) is 15.9. The van der Waals surface area contributed by atoms with Crippen molar-refractivity contribution in [2.75, 3.05) is 11.6 Å². The van der Waals surface area contributed by atoms with Gasteiger partial charge < -0.3 is 5.32 Å². The number of nitrogens with zero attached hydrogens (tertiary/aromatic N) is 1. The highest BCUT2D eigenvalue weighted by Gasteiger charge is 2.01. The van der Waals surface area contributed by atoms with Crippen LogP contribution >= 0.6 is 24.0 Å². The third-order valence-corrected chi connectivity index (χ3v) is 4.29. The number of thiocarbonyl (C=S) groups is 1. The Kier molecular flexibility index (Phi) is 5.98. The first-order valence-electron chi connectivity index (χ1n) is 6.90. The van der Waals surface area contributed by atoms with E-state index in [0.717, 1.165) is 11.3 Å². The Morgan fingerprint density at radius 3 is 2.55 bits per heavy atom. The van der Waals surface area contributed by atoms with Crippen molar-refractivity contribution in [1.82, 2.24) is 5.43 Å². The van der Waals surface area contributed by atoms with Crippen LogP contribution in [0, 0.1) is 13.8 Å². The summed E-state index contributed by atoms with van der Waals surface area (Å²) in [6, 6.07) is 14.3. The van der Waals surface area contributed by atoms with Crippen LogP contribution in [0.25, 0.3) is 0 Å². The summed E-state index contributed by atoms with van der Waals surface area (Å²) in [5.74, 6) is 0. The fourth-order valence-electron chi connectivity index (χ4n) is 1.89. The molecule has 114 valence electrons. The fraction of sp³-hybridized carbons (Fsp3) is 0.176. The molecule has 2 N–H and O–H groups in total. The number of aryl methyl sites for hydroxylation is 1. The van der Waals surface area contributed by atoms with Gasteiger partial charge in [0.1, 0.15) is 0 Å². The van der Waals surface area contributed by atoms with Crippen LogP contribution in [0.1, 0.15) is 16.7 Å². The number of hydrogen-bond donors (Lipinski definition) is 2. The molecular formula is C17H19N3S2. The number of hydrazone groups is 1. The van der Waals surface area contributed by atoms with Gasteiger partial charge in [0.25, 0.3) is 0 Å². The molecule has 0 aliphatic carbocycles. The van der Waals surface area contributed by atoms with Crippen LogP contribution in [0.5, 0.6) is 0 Å². The van der Waals surface area contributed by atoms with E-state index in [9.17, 15) is 0 Å². The summed E-state index contributed by atoms with van der Waals surface area (Å²) >= 11 is 6.97. The SMILES string of the molecule is CSc1ccc(/C=N\NC(=S)Nc2cccc(C)c2C)cc1. The van der Waals surface area contributed by atoms with Gasteiger partial charge in [-0.15, -0.1) is 11.8 Å². The van der Waals surface area contributed by atoms with Crippen molar-refractivity contribution in [2.45, 2.75) is 18.7 Å². The van der Waals surface area contributed by atoms with Crippen molar-refractivity contribution in [1.29, 1.82) is 0 Å². The topological polar surface area (TPSA) is 36.4 Å². The summed E-state index contributed by atoms with van der Waals surface area (Å²) in [5, 5.41) is 7.80. The maximum absolute atomic E-state index is 5.25. The summed E-state index contributed by atoms with van der Waals surface area (Å²) < 4.78 is 0. The molecule has 0 aliphatic rings. The van der Waals surface area contributed by atoms with Crippen molar-refractivity contribution in [3.8, 4) is 0 Å². The second-order valence-corrected chi connectivity index (χ2v) is 6.13. The molecule has 0 amide bonds. The highest BCUT2D eigenvalue weighted by atomic mass is 32.2. The monoisotopic (exact) mass is 329 g/mol. The van der Waals surface area contributed by atoms with Gasteiger partial charge in [-0.3, -0.25) is 5.43 Å². The van der Waals surface area contributed by atoms with Gasteiger partial charge in [0, 0.05) is 10.6 Å².